The van der Waals surface area contributed by atoms with Crippen molar-refractivity contribution in [1.82, 2.24) is 4.31 Å². The second-order valence-electron chi connectivity index (χ2n) is 5.03. The normalized spacial score (nSPS) is 20.6. The van der Waals surface area contributed by atoms with E-state index in [9.17, 15) is 13.2 Å². The summed E-state index contributed by atoms with van der Waals surface area (Å²) in [5.41, 5.74) is 1.01. The molecular formula is C15H15NO4S. The number of hydrogen-bond donors (Lipinski definition) is 0. The van der Waals surface area contributed by atoms with E-state index < -0.39 is 15.9 Å². The number of sulfonamides is 1. The zero-order chi connectivity index (χ0) is 14.9. The number of carbonyl (C=O) groups excluding carboxylic acids is 1. The second kappa shape index (κ2) is 5.37. The van der Waals surface area contributed by atoms with E-state index in [1.165, 1.54) is 12.3 Å². The molecule has 21 heavy (non-hydrogen) atoms. The van der Waals surface area contributed by atoms with Crippen LogP contribution in [0.2, 0.25) is 0 Å². The van der Waals surface area contributed by atoms with E-state index in [1.807, 2.05) is 30.3 Å². The van der Waals surface area contributed by atoms with Gasteiger partial charge in [0.15, 0.2) is 5.76 Å². The van der Waals surface area contributed by atoms with Crippen LogP contribution in [0.25, 0.3) is 0 Å². The molecule has 2 heterocycles. The molecule has 1 fully saturated rings. The van der Waals surface area contributed by atoms with Crippen LogP contribution in [0, 0.1) is 0 Å². The fourth-order valence-corrected chi connectivity index (χ4v) is 4.34. The van der Waals surface area contributed by atoms with E-state index in [0.29, 0.717) is 12.8 Å². The highest BCUT2D eigenvalue weighted by molar-refractivity contribution is 7.89. The van der Waals surface area contributed by atoms with E-state index in [0.717, 1.165) is 9.87 Å². The van der Waals surface area contributed by atoms with Gasteiger partial charge in [0, 0.05) is 0 Å². The van der Waals surface area contributed by atoms with E-state index in [2.05, 4.69) is 0 Å². The van der Waals surface area contributed by atoms with Crippen LogP contribution in [-0.2, 0) is 16.4 Å². The number of carbonyl (C=O) groups is 1. The Labute approximate surface area is 123 Å². The molecular weight excluding hydrogens is 290 g/mol. The van der Waals surface area contributed by atoms with Crippen LogP contribution in [0.15, 0.2) is 53.1 Å². The average Bonchev–Trinajstić information content (AvgIpc) is 3.08. The van der Waals surface area contributed by atoms with Crippen LogP contribution < -0.4 is 0 Å². The molecule has 1 unspecified atom stereocenters. The lowest BCUT2D eigenvalue weighted by Crippen LogP contribution is -2.39. The monoisotopic (exact) mass is 305 g/mol. The van der Waals surface area contributed by atoms with Crippen LogP contribution >= 0.6 is 0 Å². The topological polar surface area (TPSA) is 67.6 Å². The molecule has 0 bridgehead atoms. The van der Waals surface area contributed by atoms with Crippen LogP contribution in [0.5, 0.6) is 0 Å². The predicted octanol–water partition coefficient (Wildman–Crippen LogP) is 2.07. The Kier molecular flexibility index (Phi) is 3.55. The summed E-state index contributed by atoms with van der Waals surface area (Å²) >= 11 is 0. The second-order valence-corrected chi connectivity index (χ2v) is 6.99. The van der Waals surface area contributed by atoms with Gasteiger partial charge in [0.1, 0.15) is 0 Å². The maximum atomic E-state index is 12.4. The SMILES string of the molecule is O=C(c1ccco1)N1C(Cc2ccccc2)CCS1(=O)=O. The van der Waals surface area contributed by atoms with Crippen molar-refractivity contribution in [1.29, 1.82) is 0 Å². The Balaban J connectivity index is 1.88. The Hall–Kier alpha value is -2.08. The third-order valence-electron chi connectivity index (χ3n) is 3.59. The molecule has 2 aromatic rings. The fourth-order valence-electron chi connectivity index (χ4n) is 2.60. The molecule has 1 saturated heterocycles. The zero-order valence-corrected chi connectivity index (χ0v) is 12.1. The van der Waals surface area contributed by atoms with Gasteiger partial charge in [0.25, 0.3) is 0 Å². The molecule has 6 heteroatoms. The fraction of sp³-hybridized carbons (Fsp3) is 0.267. The van der Waals surface area contributed by atoms with Gasteiger partial charge >= 0.3 is 5.91 Å². The first-order valence-corrected chi connectivity index (χ1v) is 8.33. The lowest BCUT2D eigenvalue weighted by molar-refractivity contribution is 0.0801. The maximum Gasteiger partial charge on any atom is 0.303 e. The molecule has 1 amide bonds. The minimum Gasteiger partial charge on any atom is -0.459 e. The smallest absolute Gasteiger partial charge is 0.303 e. The van der Waals surface area contributed by atoms with Crippen molar-refractivity contribution in [2.75, 3.05) is 5.75 Å². The Morgan fingerprint density at radius 2 is 1.95 bits per heavy atom. The summed E-state index contributed by atoms with van der Waals surface area (Å²) in [5.74, 6) is -0.534. The Bertz CT molecular complexity index is 722. The first-order valence-electron chi connectivity index (χ1n) is 6.72. The summed E-state index contributed by atoms with van der Waals surface area (Å²) in [6.07, 6.45) is 2.33. The van der Waals surface area contributed by atoms with Gasteiger partial charge in [-0.3, -0.25) is 4.79 Å². The van der Waals surface area contributed by atoms with Gasteiger partial charge in [-0.05, 0) is 30.5 Å². The minimum atomic E-state index is -3.56. The third-order valence-corrected chi connectivity index (χ3v) is 5.40. The molecule has 5 nitrogen and oxygen atoms in total. The predicted molar refractivity (Wildman–Crippen MR) is 77.2 cm³/mol. The molecule has 0 saturated carbocycles. The van der Waals surface area contributed by atoms with E-state index in [-0.39, 0.29) is 17.6 Å². The van der Waals surface area contributed by atoms with Crippen molar-refractivity contribution in [3.63, 3.8) is 0 Å². The van der Waals surface area contributed by atoms with Crippen molar-refractivity contribution in [3.05, 3.63) is 60.1 Å². The molecule has 1 atom stereocenters. The maximum absolute atomic E-state index is 12.4. The minimum absolute atomic E-state index is 0.00303. The summed E-state index contributed by atoms with van der Waals surface area (Å²) in [7, 11) is -3.56. The zero-order valence-electron chi connectivity index (χ0n) is 11.3. The van der Waals surface area contributed by atoms with Crippen molar-refractivity contribution in [2.45, 2.75) is 18.9 Å². The van der Waals surface area contributed by atoms with Crippen molar-refractivity contribution in [3.8, 4) is 0 Å². The highest BCUT2D eigenvalue weighted by Gasteiger charge is 2.41. The van der Waals surface area contributed by atoms with Crippen LogP contribution in [0.1, 0.15) is 22.5 Å². The molecule has 0 spiro atoms. The van der Waals surface area contributed by atoms with Crippen LogP contribution in [0.3, 0.4) is 0 Å². The Morgan fingerprint density at radius 3 is 2.62 bits per heavy atom. The molecule has 110 valence electrons. The lowest BCUT2D eigenvalue weighted by atomic mass is 10.0. The molecule has 1 aromatic carbocycles. The van der Waals surface area contributed by atoms with Crippen LogP contribution in [0.4, 0.5) is 0 Å². The summed E-state index contributed by atoms with van der Waals surface area (Å²) < 4.78 is 30.4. The van der Waals surface area contributed by atoms with Gasteiger partial charge in [0.2, 0.25) is 10.0 Å². The summed E-state index contributed by atoms with van der Waals surface area (Å²) in [4.78, 5) is 12.4. The largest absolute Gasteiger partial charge is 0.459 e. The molecule has 1 aliphatic rings. The standard InChI is InChI=1S/C15H15NO4S/c17-15(14-7-4-9-20-14)16-13(8-10-21(16,18)19)11-12-5-2-1-3-6-12/h1-7,9,13H,8,10-11H2. The molecule has 1 aromatic heterocycles. The van der Waals surface area contributed by atoms with E-state index in [4.69, 9.17) is 4.42 Å². The summed E-state index contributed by atoms with van der Waals surface area (Å²) in [6.45, 7) is 0. The van der Waals surface area contributed by atoms with Gasteiger partial charge in [-0.2, -0.15) is 0 Å². The van der Waals surface area contributed by atoms with Crippen molar-refractivity contribution >= 4 is 15.9 Å². The van der Waals surface area contributed by atoms with Gasteiger partial charge in [0.05, 0.1) is 18.1 Å². The quantitative estimate of drug-likeness (QED) is 0.870. The molecule has 0 aliphatic carbocycles. The number of benzene rings is 1. The highest BCUT2D eigenvalue weighted by Crippen LogP contribution is 2.26. The number of nitrogens with zero attached hydrogens (tertiary/aromatic N) is 1. The van der Waals surface area contributed by atoms with Gasteiger partial charge in [-0.15, -0.1) is 0 Å². The van der Waals surface area contributed by atoms with Crippen molar-refractivity contribution in [2.24, 2.45) is 0 Å². The van der Waals surface area contributed by atoms with Gasteiger partial charge < -0.3 is 4.42 Å². The van der Waals surface area contributed by atoms with Gasteiger partial charge in [-0.1, -0.05) is 30.3 Å². The van der Waals surface area contributed by atoms with Crippen LogP contribution in [-0.4, -0.2) is 30.4 Å². The number of furan rings is 1. The Morgan fingerprint density at radius 1 is 1.19 bits per heavy atom. The first kappa shape index (κ1) is 13.9. The molecule has 3 rings (SSSR count). The molecule has 0 N–H and O–H groups in total. The summed E-state index contributed by atoms with van der Waals surface area (Å²) in [6, 6.07) is 12.3. The number of rotatable bonds is 3. The number of amides is 1. The summed E-state index contributed by atoms with van der Waals surface area (Å²) in [5, 5.41) is 0. The van der Waals surface area contributed by atoms with E-state index in [1.54, 1.807) is 6.07 Å². The van der Waals surface area contributed by atoms with E-state index >= 15 is 0 Å². The lowest BCUT2D eigenvalue weighted by Gasteiger charge is -2.22. The van der Waals surface area contributed by atoms with Crippen molar-refractivity contribution < 1.29 is 17.6 Å². The molecule has 0 radical (unpaired) electrons. The first-order chi connectivity index (χ1) is 10.1. The average molecular weight is 305 g/mol. The van der Waals surface area contributed by atoms with Gasteiger partial charge in [-0.25, -0.2) is 12.7 Å². The third kappa shape index (κ3) is 2.71. The highest BCUT2D eigenvalue weighted by atomic mass is 32.2. The molecule has 1 aliphatic heterocycles. The number of hydrogen-bond acceptors (Lipinski definition) is 4.